The summed E-state index contributed by atoms with van der Waals surface area (Å²) < 4.78 is 16.3. The minimum Gasteiger partial charge on any atom is -0.497 e. The summed E-state index contributed by atoms with van der Waals surface area (Å²) in [6, 6.07) is 8.68. The second-order valence-electron chi connectivity index (χ2n) is 8.96. The van der Waals surface area contributed by atoms with Gasteiger partial charge in [0.05, 0.1) is 26.4 Å². The second-order valence-corrected chi connectivity index (χ2v) is 8.96. The average molecular weight is 575 g/mol. The maximum Gasteiger partial charge on any atom is 0.191 e. The lowest BCUT2D eigenvalue weighted by Gasteiger charge is -2.35. The Labute approximate surface area is 217 Å². The Hall–Kier alpha value is -1.10. The van der Waals surface area contributed by atoms with Crippen LogP contribution in [0, 0.1) is 5.41 Å². The van der Waals surface area contributed by atoms with Crippen molar-refractivity contribution >= 4 is 29.9 Å². The zero-order valence-electron chi connectivity index (χ0n) is 20.6. The van der Waals surface area contributed by atoms with Crippen LogP contribution in [0.4, 0.5) is 0 Å². The van der Waals surface area contributed by atoms with Gasteiger partial charge in [-0.3, -0.25) is 9.89 Å². The van der Waals surface area contributed by atoms with Crippen molar-refractivity contribution in [1.82, 2.24) is 15.5 Å². The number of methoxy groups -OCH3 is 2. The van der Waals surface area contributed by atoms with Crippen molar-refractivity contribution in [2.24, 2.45) is 10.4 Å². The van der Waals surface area contributed by atoms with E-state index < -0.39 is 0 Å². The van der Waals surface area contributed by atoms with E-state index in [1.165, 1.54) is 31.2 Å². The Bertz CT molecular complexity index is 689. The van der Waals surface area contributed by atoms with Crippen molar-refractivity contribution in [1.29, 1.82) is 0 Å². The molecule has 33 heavy (non-hydrogen) atoms. The van der Waals surface area contributed by atoms with Crippen molar-refractivity contribution in [2.45, 2.75) is 45.1 Å². The van der Waals surface area contributed by atoms with E-state index in [9.17, 15) is 0 Å². The molecular formula is C25H43IN4O3. The quantitative estimate of drug-likeness (QED) is 0.238. The van der Waals surface area contributed by atoms with Crippen molar-refractivity contribution in [3.8, 4) is 5.75 Å². The van der Waals surface area contributed by atoms with Gasteiger partial charge in [0, 0.05) is 46.4 Å². The first-order valence-corrected chi connectivity index (χ1v) is 12.2. The molecule has 0 radical (unpaired) electrons. The largest absolute Gasteiger partial charge is 0.497 e. The Kier molecular flexibility index (Phi) is 12.8. The van der Waals surface area contributed by atoms with E-state index in [2.05, 4.69) is 34.6 Å². The summed E-state index contributed by atoms with van der Waals surface area (Å²) in [6.45, 7) is 8.87. The van der Waals surface area contributed by atoms with E-state index in [4.69, 9.17) is 19.2 Å². The van der Waals surface area contributed by atoms with Crippen LogP contribution in [0.15, 0.2) is 29.3 Å². The third-order valence-corrected chi connectivity index (χ3v) is 6.87. The Morgan fingerprint density at radius 3 is 2.42 bits per heavy atom. The van der Waals surface area contributed by atoms with Gasteiger partial charge in [0.25, 0.3) is 0 Å². The highest BCUT2D eigenvalue weighted by molar-refractivity contribution is 14.0. The van der Waals surface area contributed by atoms with Crippen molar-refractivity contribution in [3.63, 3.8) is 0 Å². The molecule has 1 unspecified atom stereocenters. The van der Waals surface area contributed by atoms with Gasteiger partial charge in [-0.15, -0.1) is 24.0 Å². The number of nitrogens with one attached hydrogen (secondary N) is 2. The number of hydrogen-bond acceptors (Lipinski definition) is 5. The van der Waals surface area contributed by atoms with E-state index in [1.807, 2.05) is 12.1 Å². The van der Waals surface area contributed by atoms with Gasteiger partial charge in [0.1, 0.15) is 5.75 Å². The molecule has 1 saturated heterocycles. The number of hydrogen-bond donors (Lipinski definition) is 2. The standard InChI is InChI=1S/C25H42N4O3.HI/c1-4-26-24(28-20-25(13-16-30-2)11-5-6-12-25)27-19-23(29-14-17-32-18-15-29)21-7-9-22(31-3)10-8-21;/h7-10,23H,4-6,11-20H2,1-3H3,(H2,26,27,28);1H. The zero-order chi connectivity index (χ0) is 22.7. The van der Waals surface area contributed by atoms with Crippen LogP contribution in [0.2, 0.25) is 0 Å². The molecule has 0 aromatic heterocycles. The molecule has 1 aliphatic carbocycles. The Morgan fingerprint density at radius 1 is 1.12 bits per heavy atom. The lowest BCUT2D eigenvalue weighted by Crippen LogP contribution is -2.46. The molecule has 2 fully saturated rings. The highest BCUT2D eigenvalue weighted by Gasteiger charge is 2.33. The molecule has 2 N–H and O–H groups in total. The maximum absolute atomic E-state index is 5.60. The van der Waals surface area contributed by atoms with E-state index in [1.54, 1.807) is 14.2 Å². The Morgan fingerprint density at radius 2 is 1.82 bits per heavy atom. The van der Waals surface area contributed by atoms with Crippen LogP contribution >= 0.6 is 24.0 Å². The van der Waals surface area contributed by atoms with E-state index in [0.29, 0.717) is 0 Å². The van der Waals surface area contributed by atoms with Crippen LogP contribution < -0.4 is 15.4 Å². The summed E-state index contributed by atoms with van der Waals surface area (Å²) in [5, 5.41) is 7.09. The number of ether oxygens (including phenoxy) is 3. The van der Waals surface area contributed by atoms with Crippen molar-refractivity contribution in [3.05, 3.63) is 29.8 Å². The van der Waals surface area contributed by atoms with Crippen LogP contribution in [0.3, 0.4) is 0 Å². The molecule has 0 bridgehead atoms. The molecule has 8 heteroatoms. The van der Waals surface area contributed by atoms with Gasteiger partial charge in [-0.1, -0.05) is 25.0 Å². The summed E-state index contributed by atoms with van der Waals surface area (Å²) >= 11 is 0. The molecular weight excluding hydrogens is 531 g/mol. The summed E-state index contributed by atoms with van der Waals surface area (Å²) in [5.41, 5.74) is 1.57. The van der Waals surface area contributed by atoms with Crippen LogP contribution in [0.5, 0.6) is 5.75 Å². The number of nitrogens with zero attached hydrogens (tertiary/aromatic N) is 2. The van der Waals surface area contributed by atoms with Gasteiger partial charge in [0.2, 0.25) is 0 Å². The molecule has 3 rings (SSSR count). The summed E-state index contributed by atoms with van der Waals surface area (Å²) in [7, 11) is 3.50. The minimum atomic E-state index is 0. The fourth-order valence-corrected chi connectivity index (χ4v) is 4.89. The maximum atomic E-state index is 5.60. The SMILES string of the molecule is CCNC(=NCC1(CCOC)CCCC1)NCC(c1ccc(OC)cc1)N1CCOCC1.I. The summed E-state index contributed by atoms with van der Waals surface area (Å²) in [4.78, 5) is 7.53. The fourth-order valence-electron chi connectivity index (χ4n) is 4.89. The lowest BCUT2D eigenvalue weighted by molar-refractivity contribution is 0.0170. The highest BCUT2D eigenvalue weighted by atomic mass is 127. The summed E-state index contributed by atoms with van der Waals surface area (Å²) in [6.07, 6.45) is 6.21. The first-order chi connectivity index (χ1) is 15.7. The van der Waals surface area contributed by atoms with Crippen molar-refractivity contribution < 1.29 is 14.2 Å². The van der Waals surface area contributed by atoms with Crippen LogP contribution in [0.25, 0.3) is 0 Å². The lowest BCUT2D eigenvalue weighted by atomic mass is 9.83. The molecule has 7 nitrogen and oxygen atoms in total. The van der Waals surface area contributed by atoms with E-state index in [-0.39, 0.29) is 35.4 Å². The molecule has 0 amide bonds. The first-order valence-electron chi connectivity index (χ1n) is 12.2. The molecule has 0 spiro atoms. The highest BCUT2D eigenvalue weighted by Crippen LogP contribution is 2.41. The molecule has 2 aliphatic rings. The van der Waals surface area contributed by atoms with Gasteiger partial charge in [-0.25, -0.2) is 0 Å². The van der Waals surface area contributed by atoms with Gasteiger partial charge < -0.3 is 24.8 Å². The fraction of sp³-hybridized carbons (Fsp3) is 0.720. The molecule has 1 heterocycles. The predicted octanol–water partition coefficient (Wildman–Crippen LogP) is 3.84. The summed E-state index contributed by atoms with van der Waals surface area (Å²) in [5.74, 6) is 1.79. The minimum absolute atomic E-state index is 0. The number of rotatable bonds is 11. The smallest absolute Gasteiger partial charge is 0.191 e. The number of morpholine rings is 1. The molecule has 1 aromatic carbocycles. The third kappa shape index (κ3) is 8.56. The number of aliphatic imine (C=N–C) groups is 1. The number of benzene rings is 1. The second kappa shape index (κ2) is 15.0. The first kappa shape index (κ1) is 28.1. The van der Waals surface area contributed by atoms with Crippen LogP contribution in [0.1, 0.15) is 50.6 Å². The molecule has 188 valence electrons. The molecule has 1 saturated carbocycles. The monoisotopic (exact) mass is 574 g/mol. The van der Waals surface area contributed by atoms with Crippen LogP contribution in [-0.4, -0.2) is 77.6 Å². The van der Waals surface area contributed by atoms with E-state index in [0.717, 1.165) is 70.7 Å². The van der Waals surface area contributed by atoms with Gasteiger partial charge in [0.15, 0.2) is 5.96 Å². The predicted molar refractivity (Wildman–Crippen MR) is 145 cm³/mol. The Balaban J connectivity index is 0.00000385. The van der Waals surface area contributed by atoms with Crippen LogP contribution in [-0.2, 0) is 9.47 Å². The van der Waals surface area contributed by atoms with E-state index >= 15 is 0 Å². The molecule has 1 aromatic rings. The number of halogens is 1. The van der Waals surface area contributed by atoms with Gasteiger partial charge >= 0.3 is 0 Å². The average Bonchev–Trinajstić information content (AvgIpc) is 3.31. The van der Waals surface area contributed by atoms with Crippen molar-refractivity contribution in [2.75, 3.05) is 66.8 Å². The van der Waals surface area contributed by atoms with Gasteiger partial charge in [-0.05, 0) is 49.3 Å². The molecule has 1 aliphatic heterocycles. The van der Waals surface area contributed by atoms with Gasteiger partial charge in [-0.2, -0.15) is 0 Å². The molecule has 1 atom stereocenters. The number of guanidine groups is 1. The normalized spacial score (nSPS) is 19.5. The third-order valence-electron chi connectivity index (χ3n) is 6.87. The zero-order valence-corrected chi connectivity index (χ0v) is 22.9. The topological polar surface area (TPSA) is 67.4 Å².